The Bertz CT molecular complexity index is 685. The summed E-state index contributed by atoms with van der Waals surface area (Å²) in [6, 6.07) is 6.67. The van der Waals surface area contributed by atoms with Crippen molar-refractivity contribution in [3.8, 4) is 0 Å². The zero-order valence-corrected chi connectivity index (χ0v) is 13.9. The van der Waals surface area contributed by atoms with E-state index >= 15 is 0 Å². The molecule has 1 aliphatic carbocycles. The van der Waals surface area contributed by atoms with Gasteiger partial charge in [-0.3, -0.25) is 0 Å². The van der Waals surface area contributed by atoms with Crippen molar-refractivity contribution in [3.05, 3.63) is 29.8 Å². The van der Waals surface area contributed by atoms with Gasteiger partial charge in [0.25, 0.3) is 0 Å². The third-order valence-electron chi connectivity index (χ3n) is 4.22. The first-order valence-electron chi connectivity index (χ1n) is 7.87. The van der Waals surface area contributed by atoms with Gasteiger partial charge in [0, 0.05) is 18.6 Å². The second kappa shape index (κ2) is 6.49. The van der Waals surface area contributed by atoms with Crippen LogP contribution in [0.25, 0.3) is 0 Å². The molecule has 1 aromatic rings. The highest BCUT2D eigenvalue weighted by Crippen LogP contribution is 2.38. The molecule has 2 amide bonds. The maximum absolute atomic E-state index is 12.2. The van der Waals surface area contributed by atoms with E-state index in [1.165, 1.54) is 19.1 Å². The molecule has 1 aliphatic heterocycles. The van der Waals surface area contributed by atoms with Crippen LogP contribution >= 0.6 is 0 Å². The molecule has 2 fully saturated rings. The minimum atomic E-state index is -3.16. The van der Waals surface area contributed by atoms with E-state index in [0.29, 0.717) is 23.8 Å². The van der Waals surface area contributed by atoms with Crippen molar-refractivity contribution in [1.29, 1.82) is 0 Å². The van der Waals surface area contributed by atoms with Crippen molar-refractivity contribution in [2.45, 2.75) is 37.2 Å². The lowest BCUT2D eigenvalue weighted by atomic mass is 10.1. The number of benzene rings is 1. The summed E-state index contributed by atoms with van der Waals surface area (Å²) in [5.74, 6) is 0.473. The van der Waals surface area contributed by atoms with E-state index in [2.05, 4.69) is 10.6 Å². The van der Waals surface area contributed by atoms with Gasteiger partial charge in [-0.15, -0.1) is 0 Å². The molecule has 0 bridgehead atoms. The number of carbonyl (C=O) groups excluding carboxylic acids is 1. The predicted molar refractivity (Wildman–Crippen MR) is 88.0 cm³/mol. The zero-order chi connectivity index (χ0) is 16.4. The molecule has 7 heteroatoms. The molecule has 23 heavy (non-hydrogen) atoms. The van der Waals surface area contributed by atoms with E-state index in [9.17, 15) is 13.2 Å². The van der Waals surface area contributed by atoms with Crippen LogP contribution in [0.15, 0.2) is 24.3 Å². The number of urea groups is 1. The van der Waals surface area contributed by atoms with Gasteiger partial charge in [-0.1, -0.05) is 18.2 Å². The van der Waals surface area contributed by atoms with Crippen molar-refractivity contribution in [3.63, 3.8) is 0 Å². The highest BCUT2D eigenvalue weighted by Gasteiger charge is 2.41. The molecule has 126 valence electrons. The van der Waals surface area contributed by atoms with E-state index in [4.69, 9.17) is 4.74 Å². The molecule has 1 heterocycles. The fraction of sp³-hybridized carbons (Fsp3) is 0.562. The van der Waals surface area contributed by atoms with Crippen molar-refractivity contribution in [2.75, 3.05) is 18.2 Å². The van der Waals surface area contributed by atoms with E-state index in [1.807, 2.05) is 0 Å². The van der Waals surface area contributed by atoms with Crippen LogP contribution in [0, 0.1) is 5.92 Å². The zero-order valence-electron chi connectivity index (χ0n) is 13.1. The topological polar surface area (TPSA) is 84.5 Å². The van der Waals surface area contributed by atoms with Crippen LogP contribution in [0.1, 0.15) is 24.8 Å². The minimum absolute atomic E-state index is 0.0320. The molecular formula is C16H22N2O4S. The number of hydrogen-bond donors (Lipinski definition) is 2. The Kier molecular flexibility index (Phi) is 4.59. The van der Waals surface area contributed by atoms with Gasteiger partial charge >= 0.3 is 6.03 Å². The summed E-state index contributed by atoms with van der Waals surface area (Å²) in [4.78, 5) is 12.2. The summed E-state index contributed by atoms with van der Waals surface area (Å²) in [7, 11) is -3.16. The summed E-state index contributed by atoms with van der Waals surface area (Å²) in [5.41, 5.74) is 1.11. The largest absolute Gasteiger partial charge is 0.376 e. The maximum Gasteiger partial charge on any atom is 0.319 e. The lowest BCUT2D eigenvalue weighted by molar-refractivity contribution is 0.0829. The lowest BCUT2D eigenvalue weighted by Crippen LogP contribution is -2.43. The van der Waals surface area contributed by atoms with E-state index in [1.54, 1.807) is 24.3 Å². The van der Waals surface area contributed by atoms with Gasteiger partial charge in [0.15, 0.2) is 9.84 Å². The molecule has 2 N–H and O–H groups in total. The number of hydrogen-bond acceptors (Lipinski definition) is 4. The monoisotopic (exact) mass is 338 g/mol. The Morgan fingerprint density at radius 2 is 2.00 bits per heavy atom. The van der Waals surface area contributed by atoms with E-state index in [-0.39, 0.29) is 23.9 Å². The maximum atomic E-state index is 12.2. The summed E-state index contributed by atoms with van der Waals surface area (Å²) in [6.07, 6.45) is 4.45. The fourth-order valence-electron chi connectivity index (χ4n) is 3.03. The highest BCUT2D eigenvalue weighted by atomic mass is 32.2. The van der Waals surface area contributed by atoms with E-state index in [0.717, 1.165) is 6.42 Å². The fourth-order valence-corrected chi connectivity index (χ4v) is 3.85. The average Bonchev–Trinajstić information content (AvgIpc) is 3.20. The van der Waals surface area contributed by atoms with Crippen LogP contribution in [0.4, 0.5) is 10.5 Å². The van der Waals surface area contributed by atoms with Gasteiger partial charge in [-0.2, -0.15) is 0 Å². The summed E-state index contributed by atoms with van der Waals surface area (Å²) >= 11 is 0. The van der Waals surface area contributed by atoms with Gasteiger partial charge in [-0.05, 0) is 36.8 Å². The molecule has 1 saturated carbocycles. The van der Waals surface area contributed by atoms with Crippen molar-refractivity contribution in [1.82, 2.24) is 5.32 Å². The molecule has 2 unspecified atom stereocenters. The smallest absolute Gasteiger partial charge is 0.319 e. The van der Waals surface area contributed by atoms with Crippen LogP contribution in [0.2, 0.25) is 0 Å². The normalized spacial score (nSPS) is 24.4. The van der Waals surface area contributed by atoms with Gasteiger partial charge < -0.3 is 15.4 Å². The average molecular weight is 338 g/mol. The summed E-state index contributed by atoms with van der Waals surface area (Å²) in [6.45, 7) is 0.677. The first kappa shape index (κ1) is 16.3. The predicted octanol–water partition coefficient (Wildman–Crippen LogP) is 1.92. The Hall–Kier alpha value is -1.60. The molecule has 1 saturated heterocycles. The van der Waals surface area contributed by atoms with Crippen molar-refractivity contribution < 1.29 is 17.9 Å². The highest BCUT2D eigenvalue weighted by molar-refractivity contribution is 7.89. The number of sulfone groups is 1. The molecule has 0 spiro atoms. The van der Waals surface area contributed by atoms with Crippen LogP contribution in [0.5, 0.6) is 0 Å². The van der Waals surface area contributed by atoms with Crippen molar-refractivity contribution in [2.24, 2.45) is 5.92 Å². The molecule has 0 radical (unpaired) electrons. The molecule has 0 aromatic heterocycles. The Morgan fingerprint density at radius 3 is 2.70 bits per heavy atom. The Morgan fingerprint density at radius 1 is 1.26 bits per heavy atom. The van der Waals surface area contributed by atoms with Gasteiger partial charge in [-0.25, -0.2) is 13.2 Å². The number of ether oxygens (including phenoxy) is 1. The Labute approximate surface area is 136 Å². The van der Waals surface area contributed by atoms with Gasteiger partial charge in [0.05, 0.1) is 17.9 Å². The number of para-hydroxylation sites is 1. The second-order valence-corrected chi connectivity index (χ2v) is 8.53. The number of rotatable bonds is 5. The quantitative estimate of drug-likeness (QED) is 0.859. The second-order valence-electron chi connectivity index (χ2n) is 6.39. The third kappa shape index (κ3) is 4.45. The Balaban J connectivity index is 1.63. The number of carbonyl (C=O) groups is 1. The first-order valence-corrected chi connectivity index (χ1v) is 9.93. The first-order chi connectivity index (χ1) is 10.9. The van der Waals surface area contributed by atoms with Crippen LogP contribution < -0.4 is 10.6 Å². The number of anilines is 1. The van der Waals surface area contributed by atoms with Crippen LogP contribution in [-0.4, -0.2) is 39.5 Å². The van der Waals surface area contributed by atoms with Gasteiger partial charge in [0.2, 0.25) is 0 Å². The SMILES string of the molecule is CS(=O)(=O)Cc1ccccc1NC(=O)NC1CCOC1C1CC1. The molecule has 6 nitrogen and oxygen atoms in total. The van der Waals surface area contributed by atoms with Crippen molar-refractivity contribution >= 4 is 21.6 Å². The van der Waals surface area contributed by atoms with Crippen LogP contribution in [0.3, 0.4) is 0 Å². The molecule has 1 aromatic carbocycles. The number of nitrogens with one attached hydrogen (secondary N) is 2. The molecular weight excluding hydrogens is 316 g/mol. The van der Waals surface area contributed by atoms with Crippen LogP contribution in [-0.2, 0) is 20.3 Å². The summed E-state index contributed by atoms with van der Waals surface area (Å²) in [5, 5.41) is 5.73. The molecule has 2 aliphatic rings. The summed E-state index contributed by atoms with van der Waals surface area (Å²) < 4.78 is 28.7. The molecule has 2 atom stereocenters. The van der Waals surface area contributed by atoms with Gasteiger partial charge in [0.1, 0.15) is 0 Å². The standard InChI is InChI=1S/C16H22N2O4S/c1-23(20,21)10-12-4-2-3-5-13(12)17-16(19)18-14-8-9-22-15(14)11-6-7-11/h2-5,11,14-15H,6-10H2,1H3,(H2,17,18,19). The van der Waals surface area contributed by atoms with E-state index < -0.39 is 9.84 Å². The minimum Gasteiger partial charge on any atom is -0.376 e. The molecule has 3 rings (SSSR count). The number of amides is 2. The third-order valence-corrected chi connectivity index (χ3v) is 5.06. The lowest BCUT2D eigenvalue weighted by Gasteiger charge is -2.20.